The Morgan fingerprint density at radius 1 is 0.474 bits per heavy atom. The van der Waals surface area contributed by atoms with E-state index >= 15 is 0 Å². The van der Waals surface area contributed by atoms with E-state index in [0.29, 0.717) is 5.84 Å². The van der Waals surface area contributed by atoms with E-state index < -0.39 is 0 Å². The minimum Gasteiger partial charge on any atom is -0.456 e. The first-order chi connectivity index (χ1) is 28.2. The fourth-order valence-electron chi connectivity index (χ4n) is 8.67. The highest BCUT2D eigenvalue weighted by Gasteiger charge is 2.24. The Balaban J connectivity index is 1.03. The molecule has 6 nitrogen and oxygen atoms in total. The topological polar surface area (TPSA) is 68.0 Å². The SMILES string of the molecule is c1ccc(C2N=C(c3cccc4oc5ccccc5c34)N=C(c3ccc4oc5ccc(-c6cccc7c8ccccc8n(-c8ccccc8)c67)cc5c4c3)N2)cc1. The molecule has 268 valence electrons. The zero-order valence-electron chi connectivity index (χ0n) is 30.6. The molecule has 0 fully saturated rings. The molecular weight excluding hydrogens is 701 g/mol. The molecule has 4 heterocycles. The predicted molar refractivity (Wildman–Crippen MR) is 233 cm³/mol. The van der Waals surface area contributed by atoms with Crippen LogP contribution in [0.3, 0.4) is 0 Å². The molecule has 11 aromatic rings. The molecule has 6 heteroatoms. The summed E-state index contributed by atoms with van der Waals surface area (Å²) in [5, 5.41) is 10.2. The number of rotatable bonds is 5. The number of nitrogens with one attached hydrogen (secondary N) is 1. The van der Waals surface area contributed by atoms with Gasteiger partial charge in [0.1, 0.15) is 34.3 Å². The molecule has 1 unspecified atom stereocenters. The van der Waals surface area contributed by atoms with Crippen molar-refractivity contribution < 1.29 is 8.83 Å². The summed E-state index contributed by atoms with van der Waals surface area (Å²) in [6, 6.07) is 63.3. The fourth-order valence-corrected chi connectivity index (χ4v) is 8.67. The number of fused-ring (bicyclic) bond motifs is 9. The molecule has 0 bridgehead atoms. The minimum absolute atomic E-state index is 0.345. The van der Waals surface area contributed by atoms with Crippen LogP contribution in [0.5, 0.6) is 0 Å². The number of aliphatic imine (C=N–C) groups is 2. The highest BCUT2D eigenvalue weighted by molar-refractivity contribution is 6.22. The number of nitrogens with zero attached hydrogens (tertiary/aromatic N) is 3. The second kappa shape index (κ2) is 12.4. The average molecular weight is 733 g/mol. The van der Waals surface area contributed by atoms with Gasteiger partial charge in [-0.25, -0.2) is 9.98 Å². The number of hydrogen-bond donors (Lipinski definition) is 1. The van der Waals surface area contributed by atoms with Crippen molar-refractivity contribution in [3.63, 3.8) is 0 Å². The van der Waals surface area contributed by atoms with Crippen molar-refractivity contribution in [3.8, 4) is 16.8 Å². The van der Waals surface area contributed by atoms with Gasteiger partial charge in [-0.05, 0) is 71.8 Å². The Labute approximate surface area is 326 Å². The summed E-state index contributed by atoms with van der Waals surface area (Å²) in [6.45, 7) is 0. The summed E-state index contributed by atoms with van der Waals surface area (Å²) in [6.07, 6.45) is -0.345. The van der Waals surface area contributed by atoms with Crippen molar-refractivity contribution in [3.05, 3.63) is 199 Å². The van der Waals surface area contributed by atoms with Crippen LogP contribution in [0.25, 0.3) is 82.5 Å². The van der Waals surface area contributed by atoms with Gasteiger partial charge in [0.15, 0.2) is 5.84 Å². The van der Waals surface area contributed by atoms with Gasteiger partial charge in [-0.3, -0.25) is 0 Å². The van der Waals surface area contributed by atoms with Crippen molar-refractivity contribution in [1.29, 1.82) is 0 Å². The van der Waals surface area contributed by atoms with Gasteiger partial charge >= 0.3 is 0 Å². The standard InChI is InChI=1S/C51H32N4O2/c1-3-13-31(14-4-1)49-52-50(54-51(53-49)39-21-12-24-46-47(39)38-18-8-10-23-43(38)57-46)33-26-28-45-41(30-33)40-29-32(25-27-44(40)56-45)35-19-11-20-37-36-17-7-9-22-42(36)55(48(35)37)34-15-5-2-6-16-34/h1-30,49H,(H,52,53,54). The zero-order chi connectivity index (χ0) is 37.5. The number of amidine groups is 2. The summed E-state index contributed by atoms with van der Waals surface area (Å²) >= 11 is 0. The van der Waals surface area contributed by atoms with Gasteiger partial charge in [0.05, 0.1) is 11.0 Å². The van der Waals surface area contributed by atoms with Gasteiger partial charge in [-0.1, -0.05) is 121 Å². The van der Waals surface area contributed by atoms with Crippen LogP contribution in [0.15, 0.2) is 201 Å². The summed E-state index contributed by atoms with van der Waals surface area (Å²) in [5.41, 5.74) is 12.0. The molecule has 0 spiro atoms. The highest BCUT2D eigenvalue weighted by Crippen LogP contribution is 2.40. The Bertz CT molecular complexity index is 3440. The third kappa shape index (κ3) is 4.97. The molecule has 57 heavy (non-hydrogen) atoms. The van der Waals surface area contributed by atoms with Gasteiger partial charge < -0.3 is 18.7 Å². The number of furan rings is 2. The van der Waals surface area contributed by atoms with Crippen LogP contribution in [0.1, 0.15) is 22.9 Å². The lowest BCUT2D eigenvalue weighted by molar-refractivity contribution is 0.667. The van der Waals surface area contributed by atoms with E-state index in [1.807, 2.05) is 48.5 Å². The van der Waals surface area contributed by atoms with Crippen molar-refractivity contribution >= 4 is 77.4 Å². The molecule has 0 aliphatic carbocycles. The summed E-state index contributed by atoms with van der Waals surface area (Å²) in [4.78, 5) is 10.5. The van der Waals surface area contributed by atoms with E-state index in [4.69, 9.17) is 18.8 Å². The molecule has 1 aliphatic rings. The van der Waals surface area contributed by atoms with Crippen LogP contribution in [0.2, 0.25) is 0 Å². The first-order valence-corrected chi connectivity index (χ1v) is 19.2. The van der Waals surface area contributed by atoms with E-state index in [0.717, 1.165) is 83.2 Å². The third-order valence-electron chi connectivity index (χ3n) is 11.3. The number of benzene rings is 8. The van der Waals surface area contributed by atoms with Gasteiger partial charge in [0, 0.05) is 54.7 Å². The molecule has 3 aromatic heterocycles. The van der Waals surface area contributed by atoms with Crippen LogP contribution in [0.4, 0.5) is 0 Å². The highest BCUT2D eigenvalue weighted by atomic mass is 16.3. The lowest BCUT2D eigenvalue weighted by Crippen LogP contribution is -2.33. The number of hydrogen-bond acceptors (Lipinski definition) is 5. The molecule has 12 rings (SSSR count). The molecule has 0 amide bonds. The molecule has 8 aromatic carbocycles. The quantitative estimate of drug-likeness (QED) is 0.192. The molecule has 1 atom stereocenters. The Morgan fingerprint density at radius 2 is 1.09 bits per heavy atom. The molecular formula is C51H32N4O2. The zero-order valence-corrected chi connectivity index (χ0v) is 30.6. The second-order valence-electron chi connectivity index (χ2n) is 14.6. The fraction of sp³-hybridized carbons (Fsp3) is 0.0196. The van der Waals surface area contributed by atoms with Gasteiger partial charge in [0.25, 0.3) is 0 Å². The third-order valence-corrected chi connectivity index (χ3v) is 11.3. The Kier molecular flexibility index (Phi) is 6.89. The van der Waals surface area contributed by atoms with Gasteiger partial charge in [0.2, 0.25) is 0 Å². The van der Waals surface area contributed by atoms with E-state index in [1.165, 1.54) is 21.8 Å². The average Bonchev–Trinajstić information content (AvgIpc) is 3.96. The van der Waals surface area contributed by atoms with E-state index in [2.05, 4.69) is 143 Å². The van der Waals surface area contributed by atoms with Crippen molar-refractivity contribution in [1.82, 2.24) is 9.88 Å². The van der Waals surface area contributed by atoms with Crippen molar-refractivity contribution in [2.24, 2.45) is 9.98 Å². The molecule has 1 N–H and O–H groups in total. The maximum absolute atomic E-state index is 6.48. The smallest absolute Gasteiger partial charge is 0.160 e. The van der Waals surface area contributed by atoms with Crippen LogP contribution in [-0.4, -0.2) is 16.2 Å². The summed E-state index contributed by atoms with van der Waals surface area (Å²) in [5.74, 6) is 1.39. The van der Waals surface area contributed by atoms with Crippen LogP contribution in [-0.2, 0) is 0 Å². The van der Waals surface area contributed by atoms with Crippen LogP contribution in [0, 0.1) is 0 Å². The largest absolute Gasteiger partial charge is 0.456 e. The molecule has 1 aliphatic heterocycles. The Morgan fingerprint density at radius 3 is 1.93 bits per heavy atom. The van der Waals surface area contributed by atoms with E-state index in [9.17, 15) is 0 Å². The van der Waals surface area contributed by atoms with Gasteiger partial charge in [-0.15, -0.1) is 0 Å². The maximum Gasteiger partial charge on any atom is 0.160 e. The maximum atomic E-state index is 6.48. The second-order valence-corrected chi connectivity index (χ2v) is 14.6. The molecule has 0 radical (unpaired) electrons. The lowest BCUT2D eigenvalue weighted by Gasteiger charge is -2.24. The van der Waals surface area contributed by atoms with Crippen LogP contribution < -0.4 is 5.32 Å². The predicted octanol–water partition coefficient (Wildman–Crippen LogP) is 12.7. The summed E-state index contributed by atoms with van der Waals surface area (Å²) in [7, 11) is 0. The lowest BCUT2D eigenvalue weighted by atomic mass is 9.99. The monoisotopic (exact) mass is 732 g/mol. The summed E-state index contributed by atoms with van der Waals surface area (Å²) < 4.78 is 15.1. The first-order valence-electron chi connectivity index (χ1n) is 19.2. The minimum atomic E-state index is -0.345. The normalized spacial score (nSPS) is 14.5. The number of para-hydroxylation sites is 4. The Hall–Kier alpha value is -7.70. The molecule has 0 saturated carbocycles. The molecule has 0 saturated heterocycles. The first kappa shape index (κ1) is 31.6. The van der Waals surface area contributed by atoms with Crippen molar-refractivity contribution in [2.75, 3.05) is 0 Å². The number of aromatic nitrogens is 1. The van der Waals surface area contributed by atoms with E-state index in [1.54, 1.807) is 0 Å². The van der Waals surface area contributed by atoms with Crippen LogP contribution >= 0.6 is 0 Å². The van der Waals surface area contributed by atoms with E-state index in [-0.39, 0.29) is 6.17 Å². The van der Waals surface area contributed by atoms with Crippen molar-refractivity contribution in [2.45, 2.75) is 6.17 Å². The van der Waals surface area contributed by atoms with Gasteiger partial charge in [-0.2, -0.15) is 0 Å².